The summed E-state index contributed by atoms with van der Waals surface area (Å²) in [7, 11) is 2.93. The number of nitrogens with one attached hydrogen (secondary N) is 1. The monoisotopic (exact) mass is 391 g/mol. The lowest BCUT2D eigenvalue weighted by Gasteiger charge is -2.11. The zero-order chi connectivity index (χ0) is 21.0. The number of carbonyl (C=O) groups excluding carboxylic acids is 1. The molecule has 0 aliphatic rings. The van der Waals surface area contributed by atoms with E-state index in [1.165, 1.54) is 37.0 Å². The molecular formula is C22H21N3O4. The molecule has 1 N–H and O–H groups in total. The largest absolute Gasteiger partial charge is 0.455 e. The molecule has 0 fully saturated rings. The second-order valence-corrected chi connectivity index (χ2v) is 6.58. The maximum atomic E-state index is 12.4. The van der Waals surface area contributed by atoms with Gasteiger partial charge in [0, 0.05) is 26.4 Å². The molecule has 3 aromatic rings. The number of aromatic nitrogens is 2. The topological polar surface area (TPSA) is 82.3 Å². The van der Waals surface area contributed by atoms with Crippen molar-refractivity contribution in [1.82, 2.24) is 9.13 Å². The highest BCUT2D eigenvalue weighted by Gasteiger charge is 2.08. The summed E-state index contributed by atoms with van der Waals surface area (Å²) in [5.74, 6) is 0.721. The first kappa shape index (κ1) is 19.9. The highest BCUT2D eigenvalue weighted by Crippen LogP contribution is 2.29. The standard InChI is InChI=1S/C22H21N3O4/c1-15-8-11-17(12-9-15)29-19-7-5-4-6-18(19)23-20(26)13-10-16-14-24(2)22(28)25(3)21(16)27/h4-14H,1-3H3,(H,23,26)/b13-10-. The Kier molecular flexibility index (Phi) is 5.78. The third-order valence-electron chi connectivity index (χ3n) is 4.28. The molecule has 0 saturated carbocycles. The summed E-state index contributed by atoms with van der Waals surface area (Å²) in [6.45, 7) is 1.99. The molecule has 1 aromatic heterocycles. The summed E-state index contributed by atoms with van der Waals surface area (Å²) >= 11 is 0. The number of aryl methyl sites for hydroxylation is 2. The Bertz CT molecular complexity index is 1190. The van der Waals surface area contributed by atoms with Crippen molar-refractivity contribution in [1.29, 1.82) is 0 Å². The van der Waals surface area contributed by atoms with Gasteiger partial charge in [-0.05, 0) is 37.3 Å². The van der Waals surface area contributed by atoms with E-state index in [9.17, 15) is 14.4 Å². The molecule has 7 nitrogen and oxygen atoms in total. The second-order valence-electron chi connectivity index (χ2n) is 6.58. The molecule has 0 saturated heterocycles. The summed E-state index contributed by atoms with van der Waals surface area (Å²) < 4.78 is 8.13. The number of benzene rings is 2. The van der Waals surface area contributed by atoms with Gasteiger partial charge in [-0.3, -0.25) is 14.2 Å². The van der Waals surface area contributed by atoms with E-state index < -0.39 is 17.2 Å². The van der Waals surface area contributed by atoms with Gasteiger partial charge in [0.2, 0.25) is 5.91 Å². The van der Waals surface area contributed by atoms with Crippen molar-refractivity contribution in [3.63, 3.8) is 0 Å². The van der Waals surface area contributed by atoms with Gasteiger partial charge < -0.3 is 14.6 Å². The van der Waals surface area contributed by atoms with Crippen LogP contribution in [0.4, 0.5) is 5.69 Å². The summed E-state index contributed by atoms with van der Waals surface area (Å²) in [6, 6.07) is 14.6. The maximum absolute atomic E-state index is 12.4. The van der Waals surface area contributed by atoms with Gasteiger partial charge in [-0.1, -0.05) is 29.8 Å². The first-order valence-corrected chi connectivity index (χ1v) is 8.94. The van der Waals surface area contributed by atoms with E-state index in [1.807, 2.05) is 37.3 Å². The van der Waals surface area contributed by atoms with Gasteiger partial charge in [-0.2, -0.15) is 0 Å². The number of hydrogen-bond donors (Lipinski definition) is 1. The lowest BCUT2D eigenvalue weighted by atomic mass is 10.2. The molecule has 0 aliphatic heterocycles. The van der Waals surface area contributed by atoms with Crippen LogP contribution in [0.2, 0.25) is 0 Å². The number of nitrogens with zero attached hydrogens (tertiary/aromatic N) is 2. The molecule has 148 valence electrons. The molecule has 0 bridgehead atoms. The summed E-state index contributed by atoms with van der Waals surface area (Å²) in [5, 5.41) is 2.74. The molecule has 1 amide bonds. The number of hydrogen-bond acceptors (Lipinski definition) is 4. The van der Waals surface area contributed by atoms with Crippen molar-refractivity contribution < 1.29 is 9.53 Å². The Morgan fingerprint density at radius 3 is 2.45 bits per heavy atom. The van der Waals surface area contributed by atoms with Crippen LogP contribution in [0.25, 0.3) is 6.08 Å². The molecule has 0 unspecified atom stereocenters. The van der Waals surface area contributed by atoms with Gasteiger partial charge >= 0.3 is 5.69 Å². The van der Waals surface area contributed by atoms with Gasteiger partial charge in [0.1, 0.15) is 5.75 Å². The highest BCUT2D eigenvalue weighted by molar-refractivity contribution is 6.02. The van der Waals surface area contributed by atoms with E-state index >= 15 is 0 Å². The number of anilines is 1. The Labute approximate surface area is 167 Å². The fourth-order valence-corrected chi connectivity index (χ4v) is 2.68. The number of para-hydroxylation sites is 2. The maximum Gasteiger partial charge on any atom is 0.330 e. The fourth-order valence-electron chi connectivity index (χ4n) is 2.68. The average Bonchev–Trinajstić information content (AvgIpc) is 2.71. The van der Waals surface area contributed by atoms with Crippen molar-refractivity contribution in [3.8, 4) is 11.5 Å². The fraction of sp³-hybridized carbons (Fsp3) is 0.136. The van der Waals surface area contributed by atoms with Gasteiger partial charge in [0.05, 0.1) is 11.3 Å². The van der Waals surface area contributed by atoms with Crippen LogP contribution < -0.4 is 21.3 Å². The van der Waals surface area contributed by atoms with Crippen LogP contribution in [0.5, 0.6) is 11.5 Å². The molecule has 2 aromatic carbocycles. The van der Waals surface area contributed by atoms with E-state index in [2.05, 4.69) is 5.32 Å². The zero-order valence-electron chi connectivity index (χ0n) is 16.4. The minimum atomic E-state index is -0.472. The minimum Gasteiger partial charge on any atom is -0.455 e. The molecule has 0 atom stereocenters. The number of ether oxygens (including phenoxy) is 1. The van der Waals surface area contributed by atoms with Crippen molar-refractivity contribution in [3.05, 3.63) is 92.8 Å². The van der Waals surface area contributed by atoms with E-state index in [0.717, 1.165) is 10.1 Å². The third kappa shape index (κ3) is 4.70. The summed E-state index contributed by atoms with van der Waals surface area (Å²) in [6.07, 6.45) is 4.01. The zero-order valence-corrected chi connectivity index (χ0v) is 16.4. The molecule has 3 rings (SSSR count). The second kappa shape index (κ2) is 8.43. The first-order chi connectivity index (χ1) is 13.8. The number of rotatable bonds is 5. The minimum absolute atomic E-state index is 0.231. The van der Waals surface area contributed by atoms with Crippen LogP contribution in [0.3, 0.4) is 0 Å². The van der Waals surface area contributed by atoms with Gasteiger partial charge in [0.25, 0.3) is 5.56 Å². The normalized spacial score (nSPS) is 10.9. The van der Waals surface area contributed by atoms with Crippen LogP contribution in [-0.4, -0.2) is 15.0 Å². The Hall–Kier alpha value is -3.87. The van der Waals surface area contributed by atoms with Crippen LogP contribution in [0, 0.1) is 6.92 Å². The van der Waals surface area contributed by atoms with Crippen molar-refractivity contribution >= 4 is 17.7 Å². The van der Waals surface area contributed by atoms with Crippen molar-refractivity contribution in [2.75, 3.05) is 5.32 Å². The number of carbonyl (C=O) groups is 1. The quantitative estimate of drug-likeness (QED) is 0.678. The van der Waals surface area contributed by atoms with Crippen molar-refractivity contribution in [2.45, 2.75) is 6.92 Å². The average molecular weight is 391 g/mol. The smallest absolute Gasteiger partial charge is 0.330 e. The van der Waals surface area contributed by atoms with E-state index in [1.54, 1.807) is 18.2 Å². The Morgan fingerprint density at radius 1 is 1.03 bits per heavy atom. The van der Waals surface area contributed by atoms with E-state index in [4.69, 9.17) is 4.74 Å². The number of amides is 1. The van der Waals surface area contributed by atoms with Gasteiger partial charge in [0.15, 0.2) is 5.75 Å². The molecule has 29 heavy (non-hydrogen) atoms. The van der Waals surface area contributed by atoms with E-state index in [0.29, 0.717) is 17.2 Å². The lowest BCUT2D eigenvalue weighted by molar-refractivity contribution is -0.111. The highest BCUT2D eigenvalue weighted by atomic mass is 16.5. The molecule has 1 heterocycles. The van der Waals surface area contributed by atoms with Gasteiger partial charge in [-0.25, -0.2) is 4.79 Å². The molecular weight excluding hydrogens is 370 g/mol. The summed E-state index contributed by atoms with van der Waals surface area (Å²) in [4.78, 5) is 36.2. The first-order valence-electron chi connectivity index (χ1n) is 8.94. The predicted octanol–water partition coefficient (Wildman–Crippen LogP) is 2.84. The Morgan fingerprint density at radius 2 is 1.72 bits per heavy atom. The molecule has 7 heteroatoms. The van der Waals surface area contributed by atoms with Crippen LogP contribution >= 0.6 is 0 Å². The van der Waals surface area contributed by atoms with Crippen LogP contribution in [0.1, 0.15) is 11.1 Å². The summed E-state index contributed by atoms with van der Waals surface area (Å²) in [5.41, 5.74) is 0.942. The van der Waals surface area contributed by atoms with Crippen LogP contribution in [0.15, 0.2) is 70.4 Å². The Balaban J connectivity index is 1.78. The predicted molar refractivity (Wildman–Crippen MR) is 112 cm³/mol. The molecule has 0 aliphatic carbocycles. The molecule has 0 spiro atoms. The van der Waals surface area contributed by atoms with Crippen molar-refractivity contribution in [2.24, 2.45) is 14.1 Å². The van der Waals surface area contributed by atoms with Gasteiger partial charge in [-0.15, -0.1) is 0 Å². The third-order valence-corrected chi connectivity index (χ3v) is 4.28. The van der Waals surface area contributed by atoms with E-state index in [-0.39, 0.29) is 5.56 Å². The molecule has 0 radical (unpaired) electrons. The lowest BCUT2D eigenvalue weighted by Crippen LogP contribution is -2.37. The SMILES string of the molecule is Cc1ccc(Oc2ccccc2NC(=O)/C=C\c2cn(C)c(=O)n(C)c2=O)cc1. The van der Waals surface area contributed by atoms with Crippen LogP contribution in [-0.2, 0) is 18.9 Å².